The summed E-state index contributed by atoms with van der Waals surface area (Å²) in [7, 11) is 0. The molecule has 212 valence electrons. The van der Waals surface area contributed by atoms with Crippen LogP contribution in [-0.2, 0) is 16.0 Å². The van der Waals surface area contributed by atoms with Crippen LogP contribution in [0.2, 0.25) is 0 Å². The van der Waals surface area contributed by atoms with Crippen LogP contribution in [0, 0.1) is 5.92 Å². The number of hydrogen-bond acceptors (Lipinski definition) is 6. The number of anilines is 1. The number of carbonyl (C=O) groups is 3. The Morgan fingerprint density at radius 2 is 1.79 bits per heavy atom. The van der Waals surface area contributed by atoms with Crippen molar-refractivity contribution in [2.75, 3.05) is 44.2 Å². The van der Waals surface area contributed by atoms with Crippen molar-refractivity contribution in [3.63, 3.8) is 0 Å². The lowest BCUT2D eigenvalue weighted by Crippen LogP contribution is -2.51. The van der Waals surface area contributed by atoms with Gasteiger partial charge in [-0.05, 0) is 70.4 Å². The minimum atomic E-state index is -0.459. The van der Waals surface area contributed by atoms with Crippen molar-refractivity contribution in [3.8, 4) is 0 Å². The third-order valence-electron chi connectivity index (χ3n) is 8.23. The van der Waals surface area contributed by atoms with E-state index >= 15 is 0 Å². The van der Waals surface area contributed by atoms with Gasteiger partial charge in [-0.25, -0.2) is 14.6 Å². The summed E-state index contributed by atoms with van der Waals surface area (Å²) in [4.78, 5) is 47.0. The highest BCUT2D eigenvalue weighted by atomic mass is 16.6. The number of rotatable bonds is 5. The lowest BCUT2D eigenvalue weighted by Gasteiger charge is -2.38. The number of aromatic nitrogens is 2. The van der Waals surface area contributed by atoms with Crippen LogP contribution in [0.25, 0.3) is 11.0 Å². The smallest absolute Gasteiger partial charge is 0.410 e. The van der Waals surface area contributed by atoms with Crippen LogP contribution in [0.1, 0.15) is 71.4 Å². The first-order valence-corrected chi connectivity index (χ1v) is 14.4. The number of hydrogen-bond donors (Lipinski definition) is 1. The van der Waals surface area contributed by atoms with E-state index in [4.69, 9.17) is 9.72 Å². The average Bonchev–Trinajstić information content (AvgIpc) is 3.26. The van der Waals surface area contributed by atoms with E-state index in [-0.39, 0.29) is 18.0 Å². The van der Waals surface area contributed by atoms with Crippen molar-refractivity contribution in [1.82, 2.24) is 24.7 Å². The number of piperazine rings is 1. The largest absolute Gasteiger partial charge is 0.444 e. The molecule has 0 radical (unpaired) electrons. The van der Waals surface area contributed by atoms with Gasteiger partial charge in [0.1, 0.15) is 11.2 Å². The summed E-state index contributed by atoms with van der Waals surface area (Å²) in [6, 6.07) is 2.09. The molecule has 0 atom stereocenters. The zero-order valence-electron chi connectivity index (χ0n) is 23.7. The Morgan fingerprint density at radius 1 is 1.08 bits per heavy atom. The molecule has 4 heterocycles. The van der Waals surface area contributed by atoms with Crippen molar-refractivity contribution >= 4 is 34.8 Å². The van der Waals surface area contributed by atoms with Crippen LogP contribution in [-0.4, -0.2) is 82.3 Å². The first-order chi connectivity index (χ1) is 18.6. The molecule has 5 rings (SSSR count). The highest BCUT2D eigenvalue weighted by Gasteiger charge is 2.30. The molecule has 0 spiro atoms. The number of urea groups is 1. The van der Waals surface area contributed by atoms with E-state index in [1.54, 1.807) is 11.1 Å². The third-order valence-corrected chi connectivity index (χ3v) is 8.23. The summed E-state index contributed by atoms with van der Waals surface area (Å²) in [6.45, 7) is 12.6. The summed E-state index contributed by atoms with van der Waals surface area (Å²) in [5.41, 5.74) is 2.48. The first-order valence-electron chi connectivity index (χ1n) is 14.4. The quantitative estimate of drug-likeness (QED) is 0.608. The molecular formula is C29H42N6O4. The van der Waals surface area contributed by atoms with Crippen molar-refractivity contribution < 1.29 is 19.1 Å². The molecule has 10 nitrogen and oxygen atoms in total. The minimum Gasteiger partial charge on any atom is -0.444 e. The van der Waals surface area contributed by atoms with Crippen LogP contribution in [0.4, 0.5) is 15.3 Å². The van der Waals surface area contributed by atoms with E-state index in [9.17, 15) is 14.4 Å². The highest BCUT2D eigenvalue weighted by molar-refractivity contribution is 6.06. The van der Waals surface area contributed by atoms with Gasteiger partial charge in [0.15, 0.2) is 0 Å². The van der Waals surface area contributed by atoms with Gasteiger partial charge in [0.05, 0.1) is 11.9 Å². The lowest BCUT2D eigenvalue weighted by atomic mass is 9.85. The van der Waals surface area contributed by atoms with E-state index < -0.39 is 5.60 Å². The molecule has 2 aromatic heterocycles. The van der Waals surface area contributed by atoms with Gasteiger partial charge in [0.25, 0.3) is 0 Å². The average molecular weight is 539 g/mol. The van der Waals surface area contributed by atoms with Gasteiger partial charge in [-0.2, -0.15) is 0 Å². The topological polar surface area (TPSA) is 100 Å². The Balaban J connectivity index is 1.17. The zero-order chi connectivity index (χ0) is 27.7. The maximum absolute atomic E-state index is 12.4. The third kappa shape index (κ3) is 6.21. The number of pyridine rings is 1. The number of nitrogens with zero attached hydrogens (tertiary/aromatic N) is 5. The Morgan fingerprint density at radius 3 is 2.44 bits per heavy atom. The number of imide groups is 1. The molecule has 0 unspecified atom stereocenters. The van der Waals surface area contributed by atoms with E-state index in [1.165, 1.54) is 18.4 Å². The molecule has 39 heavy (non-hydrogen) atoms. The number of carbonyl (C=O) groups excluding carboxylic acids is 3. The Hall–Kier alpha value is -3.14. The van der Waals surface area contributed by atoms with Crippen LogP contribution in [0.5, 0.6) is 0 Å². The first kappa shape index (κ1) is 27.4. The lowest BCUT2D eigenvalue weighted by molar-refractivity contribution is -0.120. The highest BCUT2D eigenvalue weighted by Crippen LogP contribution is 2.37. The van der Waals surface area contributed by atoms with Crippen molar-refractivity contribution in [3.05, 3.63) is 24.0 Å². The van der Waals surface area contributed by atoms with Gasteiger partial charge in [-0.15, -0.1) is 0 Å². The van der Waals surface area contributed by atoms with Crippen LogP contribution >= 0.6 is 0 Å². The van der Waals surface area contributed by atoms with Gasteiger partial charge >= 0.3 is 12.1 Å². The van der Waals surface area contributed by atoms with E-state index in [1.807, 2.05) is 25.7 Å². The number of ether oxygens (including phenoxy) is 1. The second-order valence-corrected chi connectivity index (χ2v) is 12.2. The maximum atomic E-state index is 12.4. The molecule has 1 saturated carbocycles. The van der Waals surface area contributed by atoms with E-state index in [0.29, 0.717) is 24.9 Å². The number of fused-ring (bicyclic) bond motifs is 1. The number of aryl methyl sites for hydroxylation is 1. The summed E-state index contributed by atoms with van der Waals surface area (Å²) in [6.07, 6.45) is 9.60. The van der Waals surface area contributed by atoms with Gasteiger partial charge in [0, 0.05) is 63.3 Å². The summed E-state index contributed by atoms with van der Waals surface area (Å²) < 4.78 is 7.89. The normalized spacial score (nSPS) is 23.3. The molecule has 1 aliphatic carbocycles. The summed E-state index contributed by atoms with van der Waals surface area (Å²) in [5, 5.41) is 3.49. The molecule has 2 aromatic rings. The predicted molar refractivity (Wildman–Crippen MR) is 150 cm³/mol. The van der Waals surface area contributed by atoms with Gasteiger partial charge in [0.2, 0.25) is 5.91 Å². The van der Waals surface area contributed by atoms with E-state index in [2.05, 4.69) is 34.0 Å². The molecule has 3 fully saturated rings. The van der Waals surface area contributed by atoms with Crippen molar-refractivity contribution in [2.24, 2.45) is 5.92 Å². The fraction of sp³-hybridized carbons (Fsp3) is 0.655. The van der Waals surface area contributed by atoms with Gasteiger partial charge in [-0.1, -0.05) is 6.92 Å². The van der Waals surface area contributed by atoms with E-state index in [0.717, 1.165) is 68.7 Å². The fourth-order valence-corrected chi connectivity index (χ4v) is 6.12. The molecule has 2 saturated heterocycles. The standard InChI is InChI=1S/C29H42N6O4/c1-5-21-19-35(26-24(21)16-23(17-30-26)34-11-10-25(36)31-27(34)37)22-8-6-20(7-9-22)18-32-12-14-33(15-13-32)28(38)39-29(2,3)4/h16-17,19-20,22H,5-15,18H2,1-4H3,(H,31,36,37). The molecule has 3 aliphatic rings. The molecule has 4 amide bonds. The Labute approximate surface area is 230 Å². The maximum Gasteiger partial charge on any atom is 0.410 e. The number of nitrogens with one attached hydrogen (secondary N) is 1. The molecule has 2 aliphatic heterocycles. The second kappa shape index (κ2) is 11.2. The van der Waals surface area contributed by atoms with Gasteiger partial charge in [-0.3, -0.25) is 19.9 Å². The fourth-order valence-electron chi connectivity index (χ4n) is 6.12. The summed E-state index contributed by atoms with van der Waals surface area (Å²) in [5.74, 6) is 0.436. The Bertz CT molecular complexity index is 1220. The molecular weight excluding hydrogens is 496 g/mol. The van der Waals surface area contributed by atoms with Crippen LogP contribution < -0.4 is 10.2 Å². The predicted octanol–water partition coefficient (Wildman–Crippen LogP) is 4.33. The van der Waals surface area contributed by atoms with Gasteiger partial charge < -0.3 is 14.2 Å². The molecule has 0 bridgehead atoms. The van der Waals surface area contributed by atoms with Crippen molar-refractivity contribution in [1.29, 1.82) is 0 Å². The monoisotopic (exact) mass is 538 g/mol. The summed E-state index contributed by atoms with van der Waals surface area (Å²) >= 11 is 0. The second-order valence-electron chi connectivity index (χ2n) is 12.2. The van der Waals surface area contributed by atoms with Crippen molar-refractivity contribution in [2.45, 2.75) is 77.9 Å². The molecule has 0 aromatic carbocycles. The minimum absolute atomic E-state index is 0.205. The number of amides is 4. The van der Waals surface area contributed by atoms with Crippen LogP contribution in [0.15, 0.2) is 18.5 Å². The SMILES string of the molecule is CCc1cn(C2CCC(CN3CCN(C(=O)OC(C)(C)C)CC3)CC2)c2ncc(N3CCC(=O)NC3=O)cc12. The zero-order valence-corrected chi connectivity index (χ0v) is 23.7. The van der Waals surface area contributed by atoms with Crippen LogP contribution in [0.3, 0.4) is 0 Å². The molecule has 10 heteroatoms. The molecule has 1 N–H and O–H groups in total. The Kier molecular flexibility index (Phi) is 7.84.